The minimum Gasteiger partial charge on any atom is -0.332 e. The quantitative estimate of drug-likeness (QED) is 0.785. The van der Waals surface area contributed by atoms with E-state index < -0.39 is 5.91 Å². The molecule has 0 bridgehead atoms. The molecule has 1 aromatic carbocycles. The summed E-state index contributed by atoms with van der Waals surface area (Å²) in [6.45, 7) is 9.00. The minimum atomic E-state index is -0.392. The summed E-state index contributed by atoms with van der Waals surface area (Å²) < 4.78 is 0. The number of carbonyl (C=O) groups excluding carboxylic acids is 2. The maximum absolute atomic E-state index is 12.5. The van der Waals surface area contributed by atoms with E-state index in [1.165, 1.54) is 0 Å². The summed E-state index contributed by atoms with van der Waals surface area (Å²) in [7, 11) is 0. The molecular formula is C17H25N3O2. The van der Waals surface area contributed by atoms with E-state index in [4.69, 9.17) is 0 Å². The van der Waals surface area contributed by atoms with Crippen molar-refractivity contribution in [3.63, 3.8) is 0 Å². The highest BCUT2D eigenvalue weighted by Crippen LogP contribution is 2.08. The molecule has 0 spiro atoms. The molecule has 1 fully saturated rings. The molecule has 1 aliphatic rings. The highest BCUT2D eigenvalue weighted by atomic mass is 16.2. The van der Waals surface area contributed by atoms with Gasteiger partial charge in [-0.15, -0.1) is 0 Å². The normalized spacial score (nSPS) is 15.6. The SMILES string of the molecule is CCN1CCN(C(=O)C(=O)N(CC)Cc2ccccc2)CC1. The molecule has 0 unspecified atom stereocenters. The van der Waals surface area contributed by atoms with Gasteiger partial charge in [0.05, 0.1) is 0 Å². The number of hydrogen-bond donors (Lipinski definition) is 0. The van der Waals surface area contributed by atoms with Crippen molar-refractivity contribution in [1.29, 1.82) is 0 Å². The van der Waals surface area contributed by atoms with Crippen molar-refractivity contribution in [3.05, 3.63) is 35.9 Å². The van der Waals surface area contributed by atoms with Gasteiger partial charge in [-0.25, -0.2) is 0 Å². The van der Waals surface area contributed by atoms with E-state index in [0.29, 0.717) is 26.2 Å². The number of benzene rings is 1. The van der Waals surface area contributed by atoms with Crippen molar-refractivity contribution in [2.75, 3.05) is 39.3 Å². The maximum atomic E-state index is 12.5. The van der Waals surface area contributed by atoms with Gasteiger partial charge in [0, 0.05) is 39.3 Å². The average molecular weight is 303 g/mol. The molecule has 22 heavy (non-hydrogen) atoms. The van der Waals surface area contributed by atoms with Crippen molar-refractivity contribution in [3.8, 4) is 0 Å². The summed E-state index contributed by atoms with van der Waals surface area (Å²) in [5.74, 6) is -0.759. The van der Waals surface area contributed by atoms with Crippen molar-refractivity contribution >= 4 is 11.8 Å². The Morgan fingerprint density at radius 1 is 1.05 bits per heavy atom. The first-order valence-corrected chi connectivity index (χ1v) is 8.00. The van der Waals surface area contributed by atoms with E-state index in [2.05, 4.69) is 11.8 Å². The summed E-state index contributed by atoms with van der Waals surface area (Å²) in [6.07, 6.45) is 0. The highest BCUT2D eigenvalue weighted by Gasteiger charge is 2.28. The molecule has 120 valence electrons. The van der Waals surface area contributed by atoms with Gasteiger partial charge in [0.2, 0.25) is 0 Å². The largest absolute Gasteiger partial charge is 0.332 e. The van der Waals surface area contributed by atoms with Crippen LogP contribution in [-0.4, -0.2) is 65.8 Å². The summed E-state index contributed by atoms with van der Waals surface area (Å²) in [5.41, 5.74) is 1.04. The van der Waals surface area contributed by atoms with Gasteiger partial charge < -0.3 is 14.7 Å². The fourth-order valence-electron chi connectivity index (χ4n) is 2.67. The number of carbonyl (C=O) groups is 2. The standard InChI is InChI=1S/C17H25N3O2/c1-3-18-10-12-20(13-11-18)17(22)16(21)19(4-2)14-15-8-6-5-7-9-15/h5-9H,3-4,10-14H2,1-2H3. The lowest BCUT2D eigenvalue weighted by molar-refractivity contribution is -0.153. The molecule has 0 radical (unpaired) electrons. The van der Waals surface area contributed by atoms with Crippen LogP contribution in [0, 0.1) is 0 Å². The molecule has 5 nitrogen and oxygen atoms in total. The average Bonchev–Trinajstić information content (AvgIpc) is 2.59. The molecule has 1 aromatic rings. The molecule has 2 rings (SSSR count). The second-order valence-corrected chi connectivity index (χ2v) is 5.53. The number of rotatable bonds is 4. The van der Waals surface area contributed by atoms with Gasteiger partial charge in [0.25, 0.3) is 0 Å². The number of piperazine rings is 1. The van der Waals surface area contributed by atoms with Crippen LogP contribution < -0.4 is 0 Å². The number of nitrogens with zero attached hydrogens (tertiary/aromatic N) is 3. The van der Waals surface area contributed by atoms with Crippen LogP contribution in [0.5, 0.6) is 0 Å². The van der Waals surface area contributed by atoms with Crippen molar-refractivity contribution in [1.82, 2.24) is 14.7 Å². The number of hydrogen-bond acceptors (Lipinski definition) is 3. The Labute approximate surface area is 132 Å². The summed E-state index contributed by atoms with van der Waals surface area (Å²) in [5, 5.41) is 0. The van der Waals surface area contributed by atoms with E-state index in [-0.39, 0.29) is 5.91 Å². The third-order valence-corrected chi connectivity index (χ3v) is 4.17. The zero-order chi connectivity index (χ0) is 15.9. The second kappa shape index (κ2) is 7.94. The lowest BCUT2D eigenvalue weighted by Crippen LogP contribution is -2.53. The van der Waals surface area contributed by atoms with Crippen LogP contribution in [0.15, 0.2) is 30.3 Å². The van der Waals surface area contributed by atoms with Crippen LogP contribution in [-0.2, 0) is 16.1 Å². The van der Waals surface area contributed by atoms with Crippen molar-refractivity contribution < 1.29 is 9.59 Å². The van der Waals surface area contributed by atoms with Crippen LogP contribution in [0.2, 0.25) is 0 Å². The Morgan fingerprint density at radius 3 is 2.23 bits per heavy atom. The van der Waals surface area contributed by atoms with Crippen LogP contribution in [0.1, 0.15) is 19.4 Å². The van der Waals surface area contributed by atoms with Gasteiger partial charge >= 0.3 is 11.8 Å². The predicted octanol–water partition coefficient (Wildman–Crippen LogP) is 1.20. The molecule has 0 N–H and O–H groups in total. The van der Waals surface area contributed by atoms with E-state index in [0.717, 1.165) is 25.2 Å². The maximum Gasteiger partial charge on any atom is 0.312 e. The number of amides is 2. The monoisotopic (exact) mass is 303 g/mol. The Kier molecular flexibility index (Phi) is 5.95. The molecule has 1 heterocycles. The molecule has 0 saturated carbocycles. The molecule has 5 heteroatoms. The molecule has 1 aliphatic heterocycles. The predicted molar refractivity (Wildman–Crippen MR) is 86.2 cm³/mol. The van der Waals surface area contributed by atoms with Crippen LogP contribution in [0.3, 0.4) is 0 Å². The van der Waals surface area contributed by atoms with Gasteiger partial charge in [-0.2, -0.15) is 0 Å². The molecule has 1 saturated heterocycles. The van der Waals surface area contributed by atoms with E-state index in [1.54, 1.807) is 9.80 Å². The van der Waals surface area contributed by atoms with Crippen LogP contribution in [0.4, 0.5) is 0 Å². The molecular weight excluding hydrogens is 278 g/mol. The van der Waals surface area contributed by atoms with Gasteiger partial charge in [-0.05, 0) is 19.0 Å². The Morgan fingerprint density at radius 2 is 1.68 bits per heavy atom. The zero-order valence-electron chi connectivity index (χ0n) is 13.5. The zero-order valence-corrected chi connectivity index (χ0v) is 13.5. The minimum absolute atomic E-state index is 0.367. The van der Waals surface area contributed by atoms with Gasteiger partial charge in [0.15, 0.2) is 0 Å². The number of likely N-dealkylation sites (N-methyl/N-ethyl adjacent to an activating group) is 2. The molecule has 0 aliphatic carbocycles. The van der Waals surface area contributed by atoms with Crippen molar-refractivity contribution in [2.24, 2.45) is 0 Å². The first kappa shape index (κ1) is 16.5. The Hall–Kier alpha value is -1.88. The topological polar surface area (TPSA) is 43.9 Å². The molecule has 0 atom stereocenters. The fraction of sp³-hybridized carbons (Fsp3) is 0.529. The summed E-state index contributed by atoms with van der Waals surface area (Å²) >= 11 is 0. The Bertz CT molecular complexity index is 496. The van der Waals surface area contributed by atoms with Gasteiger partial charge in [-0.3, -0.25) is 9.59 Å². The van der Waals surface area contributed by atoms with E-state index in [1.807, 2.05) is 37.3 Å². The third-order valence-electron chi connectivity index (χ3n) is 4.17. The summed E-state index contributed by atoms with van der Waals surface area (Å²) in [4.78, 5) is 30.4. The first-order valence-electron chi connectivity index (χ1n) is 8.00. The van der Waals surface area contributed by atoms with Crippen molar-refractivity contribution in [2.45, 2.75) is 20.4 Å². The smallest absolute Gasteiger partial charge is 0.312 e. The lowest BCUT2D eigenvalue weighted by atomic mass is 10.2. The second-order valence-electron chi connectivity index (χ2n) is 5.53. The van der Waals surface area contributed by atoms with E-state index in [9.17, 15) is 9.59 Å². The first-order chi connectivity index (χ1) is 10.7. The lowest BCUT2D eigenvalue weighted by Gasteiger charge is -2.34. The van der Waals surface area contributed by atoms with Gasteiger partial charge in [0.1, 0.15) is 0 Å². The van der Waals surface area contributed by atoms with E-state index >= 15 is 0 Å². The van der Waals surface area contributed by atoms with Gasteiger partial charge in [-0.1, -0.05) is 37.3 Å². The molecule has 0 aromatic heterocycles. The fourth-order valence-corrected chi connectivity index (χ4v) is 2.67. The molecule has 2 amide bonds. The Balaban J connectivity index is 1.95. The highest BCUT2D eigenvalue weighted by molar-refractivity contribution is 6.34. The third kappa shape index (κ3) is 4.07. The van der Waals surface area contributed by atoms with Crippen LogP contribution >= 0.6 is 0 Å². The van der Waals surface area contributed by atoms with Crippen LogP contribution in [0.25, 0.3) is 0 Å². The summed E-state index contributed by atoms with van der Waals surface area (Å²) in [6, 6.07) is 9.78.